The number of nitrogen functional groups attached to an aromatic ring is 1. The van der Waals surface area contributed by atoms with Crippen LogP contribution in [-0.4, -0.2) is 18.1 Å². The van der Waals surface area contributed by atoms with E-state index in [1.165, 1.54) is 5.39 Å². The lowest BCUT2D eigenvalue weighted by Crippen LogP contribution is -2.11. The molecule has 0 atom stereocenters. The van der Waals surface area contributed by atoms with Crippen LogP contribution in [0.1, 0.15) is 0 Å². The van der Waals surface area contributed by atoms with Gasteiger partial charge in [-0.2, -0.15) is 0 Å². The number of benzene rings is 2. The highest BCUT2D eigenvalue weighted by Gasteiger charge is 2.08. The highest BCUT2D eigenvalue weighted by atomic mass is 16.5. The van der Waals surface area contributed by atoms with Gasteiger partial charge < -0.3 is 21.2 Å². The molecule has 1 aromatic heterocycles. The summed E-state index contributed by atoms with van der Waals surface area (Å²) in [5.74, 6) is 0.680. The molecule has 0 aliphatic heterocycles. The van der Waals surface area contributed by atoms with Crippen molar-refractivity contribution in [1.29, 1.82) is 0 Å². The summed E-state index contributed by atoms with van der Waals surface area (Å²) < 4.78 is 5.52. The van der Waals surface area contributed by atoms with Crippen molar-refractivity contribution < 1.29 is 4.74 Å². The summed E-state index contributed by atoms with van der Waals surface area (Å²) in [5.41, 5.74) is 14.2. The van der Waals surface area contributed by atoms with Crippen LogP contribution in [0.3, 0.4) is 0 Å². The normalized spacial score (nSPS) is 11.2. The molecule has 3 aromatic rings. The quantitative estimate of drug-likeness (QED) is 0.615. The summed E-state index contributed by atoms with van der Waals surface area (Å²) in [6.45, 7) is 0.945. The largest absolute Gasteiger partial charge is 0.490 e. The number of aromatic nitrogens is 1. The summed E-state index contributed by atoms with van der Waals surface area (Å²) >= 11 is 0. The maximum Gasteiger partial charge on any atom is 0.144 e. The minimum atomic E-state index is 0.468. The first-order chi connectivity index (χ1) is 8.79. The second kappa shape index (κ2) is 4.23. The van der Waals surface area contributed by atoms with Gasteiger partial charge >= 0.3 is 0 Å². The predicted molar refractivity (Wildman–Crippen MR) is 74.8 cm³/mol. The number of aromatic amines is 1. The lowest BCUT2D eigenvalue weighted by molar-refractivity contribution is 0.330. The number of nitrogens with one attached hydrogen (secondary N) is 1. The Bertz CT molecular complexity index is 703. The van der Waals surface area contributed by atoms with Crippen LogP contribution in [0.4, 0.5) is 5.69 Å². The Morgan fingerprint density at radius 3 is 2.72 bits per heavy atom. The van der Waals surface area contributed by atoms with E-state index >= 15 is 0 Å². The summed E-state index contributed by atoms with van der Waals surface area (Å²) in [6.07, 6.45) is 0. The molecule has 4 heteroatoms. The van der Waals surface area contributed by atoms with Gasteiger partial charge in [0.05, 0.1) is 11.2 Å². The highest BCUT2D eigenvalue weighted by Crippen LogP contribution is 2.32. The average molecular weight is 241 g/mol. The van der Waals surface area contributed by atoms with Crippen LogP contribution in [0.2, 0.25) is 0 Å². The molecule has 0 fully saturated rings. The second-order valence-corrected chi connectivity index (χ2v) is 4.24. The fraction of sp³-hybridized carbons (Fsp3) is 0.143. The molecule has 0 radical (unpaired) electrons. The third-order valence-corrected chi connectivity index (χ3v) is 3.01. The van der Waals surface area contributed by atoms with Gasteiger partial charge in [0.2, 0.25) is 0 Å². The van der Waals surface area contributed by atoms with Crippen molar-refractivity contribution in [3.63, 3.8) is 0 Å². The molecule has 1 heterocycles. The van der Waals surface area contributed by atoms with Gasteiger partial charge in [0, 0.05) is 28.9 Å². The number of ether oxygens (including phenoxy) is 1. The zero-order chi connectivity index (χ0) is 12.5. The monoisotopic (exact) mass is 241 g/mol. The van der Waals surface area contributed by atoms with Gasteiger partial charge in [-0.1, -0.05) is 18.2 Å². The Hall–Kier alpha value is -2.20. The fourth-order valence-electron chi connectivity index (χ4n) is 2.19. The predicted octanol–water partition coefficient (Wildman–Crippen LogP) is 2.24. The van der Waals surface area contributed by atoms with Gasteiger partial charge in [-0.3, -0.25) is 0 Å². The molecule has 0 aliphatic rings. The zero-order valence-corrected chi connectivity index (χ0v) is 9.94. The summed E-state index contributed by atoms with van der Waals surface area (Å²) in [7, 11) is 0. The van der Waals surface area contributed by atoms with Crippen molar-refractivity contribution in [3.05, 3.63) is 36.4 Å². The van der Waals surface area contributed by atoms with Crippen LogP contribution < -0.4 is 16.2 Å². The minimum Gasteiger partial charge on any atom is -0.490 e. The molecule has 3 rings (SSSR count). The van der Waals surface area contributed by atoms with Gasteiger partial charge in [0.1, 0.15) is 12.4 Å². The van der Waals surface area contributed by atoms with Crippen LogP contribution >= 0.6 is 0 Å². The first kappa shape index (κ1) is 10.9. The van der Waals surface area contributed by atoms with Crippen molar-refractivity contribution >= 4 is 27.5 Å². The van der Waals surface area contributed by atoms with Crippen molar-refractivity contribution in [1.82, 2.24) is 4.98 Å². The van der Waals surface area contributed by atoms with Crippen LogP contribution in [0.25, 0.3) is 21.8 Å². The van der Waals surface area contributed by atoms with Crippen molar-refractivity contribution in [2.24, 2.45) is 5.73 Å². The van der Waals surface area contributed by atoms with E-state index in [-0.39, 0.29) is 0 Å². The smallest absolute Gasteiger partial charge is 0.144 e. The van der Waals surface area contributed by atoms with Crippen LogP contribution in [-0.2, 0) is 0 Å². The van der Waals surface area contributed by atoms with E-state index in [9.17, 15) is 0 Å². The van der Waals surface area contributed by atoms with Crippen LogP contribution in [0, 0.1) is 0 Å². The molecule has 0 spiro atoms. The fourth-order valence-corrected chi connectivity index (χ4v) is 2.19. The third-order valence-electron chi connectivity index (χ3n) is 3.01. The minimum absolute atomic E-state index is 0.468. The van der Waals surface area contributed by atoms with Gasteiger partial charge in [0.25, 0.3) is 0 Å². The topological polar surface area (TPSA) is 77.1 Å². The molecular weight excluding hydrogens is 226 g/mol. The van der Waals surface area contributed by atoms with E-state index in [0.29, 0.717) is 24.6 Å². The molecule has 0 aliphatic carbocycles. The van der Waals surface area contributed by atoms with E-state index in [1.807, 2.05) is 30.3 Å². The molecule has 18 heavy (non-hydrogen) atoms. The van der Waals surface area contributed by atoms with Crippen molar-refractivity contribution in [2.75, 3.05) is 18.9 Å². The number of hydrogen-bond donors (Lipinski definition) is 3. The van der Waals surface area contributed by atoms with Crippen molar-refractivity contribution in [3.8, 4) is 5.75 Å². The number of nitrogens with two attached hydrogens (primary N) is 2. The third kappa shape index (κ3) is 1.67. The summed E-state index contributed by atoms with van der Waals surface area (Å²) in [5, 5.41) is 2.28. The highest BCUT2D eigenvalue weighted by molar-refractivity contribution is 6.08. The maximum atomic E-state index is 6.00. The van der Waals surface area contributed by atoms with E-state index in [4.69, 9.17) is 16.2 Å². The Labute approximate surface area is 105 Å². The van der Waals surface area contributed by atoms with Gasteiger partial charge in [-0.15, -0.1) is 0 Å². The zero-order valence-electron chi connectivity index (χ0n) is 9.94. The molecule has 0 saturated carbocycles. The maximum absolute atomic E-state index is 6.00. The number of rotatable bonds is 3. The lowest BCUT2D eigenvalue weighted by atomic mass is 10.1. The number of H-pyrrole nitrogens is 1. The second-order valence-electron chi connectivity index (χ2n) is 4.24. The average Bonchev–Trinajstić information content (AvgIpc) is 2.74. The molecule has 0 saturated heterocycles. The number of para-hydroxylation sites is 1. The van der Waals surface area contributed by atoms with Crippen LogP contribution in [0.5, 0.6) is 5.75 Å². The summed E-state index contributed by atoms with van der Waals surface area (Å²) in [6, 6.07) is 12.0. The molecule has 5 N–H and O–H groups in total. The van der Waals surface area contributed by atoms with Crippen molar-refractivity contribution in [2.45, 2.75) is 0 Å². The van der Waals surface area contributed by atoms with E-state index < -0.39 is 0 Å². The molecule has 0 unspecified atom stereocenters. The van der Waals surface area contributed by atoms with E-state index in [1.54, 1.807) is 0 Å². The Kier molecular flexibility index (Phi) is 2.57. The molecular formula is C14H15N3O. The molecule has 4 nitrogen and oxygen atoms in total. The van der Waals surface area contributed by atoms with Gasteiger partial charge in [-0.05, 0) is 12.1 Å². The lowest BCUT2D eigenvalue weighted by Gasteiger charge is -2.07. The number of fused-ring (bicyclic) bond motifs is 3. The number of hydrogen-bond acceptors (Lipinski definition) is 3. The first-order valence-electron chi connectivity index (χ1n) is 5.92. The number of anilines is 1. The molecule has 0 amide bonds. The summed E-state index contributed by atoms with van der Waals surface area (Å²) in [4.78, 5) is 3.36. The van der Waals surface area contributed by atoms with Crippen LogP contribution in [0.15, 0.2) is 36.4 Å². The van der Waals surface area contributed by atoms with Gasteiger partial charge in [0.15, 0.2) is 0 Å². The standard InChI is InChI=1S/C14H15N3O/c15-5-6-18-14-8-13-10(7-11(14)16)9-3-1-2-4-12(9)17-13/h1-4,7-8,17H,5-6,15-16H2. The van der Waals surface area contributed by atoms with E-state index in [2.05, 4.69) is 11.1 Å². The SMILES string of the molecule is NCCOc1cc2[nH]c3ccccc3c2cc1N. The van der Waals surface area contributed by atoms with E-state index in [0.717, 1.165) is 16.4 Å². The molecule has 2 aromatic carbocycles. The Balaban J connectivity index is 2.20. The first-order valence-corrected chi connectivity index (χ1v) is 5.92. The Morgan fingerprint density at radius 2 is 1.89 bits per heavy atom. The van der Waals surface area contributed by atoms with Gasteiger partial charge in [-0.25, -0.2) is 0 Å². The molecule has 0 bridgehead atoms. The Morgan fingerprint density at radius 1 is 1.06 bits per heavy atom. The molecule has 92 valence electrons.